The number of nitrogens with one attached hydrogen (secondary N) is 1. The molecule has 1 aliphatic carbocycles. The van der Waals surface area contributed by atoms with Crippen molar-refractivity contribution >= 4 is 0 Å². The van der Waals surface area contributed by atoms with Gasteiger partial charge in [0.15, 0.2) is 0 Å². The van der Waals surface area contributed by atoms with Crippen molar-refractivity contribution in [3.8, 4) is 5.88 Å². The quantitative estimate of drug-likeness (QED) is 0.765. The zero-order valence-electron chi connectivity index (χ0n) is 9.07. The second-order valence-corrected chi connectivity index (χ2v) is 3.96. The monoisotopic (exact) mass is 207 g/mol. The first-order valence-corrected chi connectivity index (χ1v) is 5.47. The summed E-state index contributed by atoms with van der Waals surface area (Å²) in [5.41, 5.74) is 0.937. The van der Waals surface area contributed by atoms with Crippen LogP contribution in [0.15, 0.2) is 12.4 Å². The lowest BCUT2D eigenvalue weighted by Gasteiger charge is -2.04. The van der Waals surface area contributed by atoms with Gasteiger partial charge in [0.25, 0.3) is 0 Å². The molecule has 4 nitrogen and oxygen atoms in total. The van der Waals surface area contributed by atoms with Crippen molar-refractivity contribution in [1.29, 1.82) is 0 Å². The van der Waals surface area contributed by atoms with Gasteiger partial charge in [-0.15, -0.1) is 0 Å². The van der Waals surface area contributed by atoms with Crippen molar-refractivity contribution in [3.63, 3.8) is 0 Å². The van der Waals surface area contributed by atoms with Gasteiger partial charge < -0.3 is 10.1 Å². The molecule has 0 aromatic carbocycles. The van der Waals surface area contributed by atoms with E-state index in [2.05, 4.69) is 15.3 Å². The van der Waals surface area contributed by atoms with Crippen LogP contribution in [0.3, 0.4) is 0 Å². The molecule has 0 unspecified atom stereocenters. The number of hydrogen-bond donors (Lipinski definition) is 1. The molecule has 0 spiro atoms. The molecule has 1 saturated carbocycles. The first kappa shape index (κ1) is 10.4. The van der Waals surface area contributed by atoms with E-state index in [-0.39, 0.29) is 0 Å². The Bertz CT molecular complexity index is 295. The highest BCUT2D eigenvalue weighted by Crippen LogP contribution is 2.32. The highest BCUT2D eigenvalue weighted by Gasteiger charge is 2.20. The van der Waals surface area contributed by atoms with Gasteiger partial charge >= 0.3 is 0 Å². The summed E-state index contributed by atoms with van der Waals surface area (Å²) < 4.78 is 5.50. The molecule has 0 bridgehead atoms. The van der Waals surface area contributed by atoms with Gasteiger partial charge in [-0.05, 0) is 19.4 Å². The van der Waals surface area contributed by atoms with Gasteiger partial charge in [-0.25, -0.2) is 4.98 Å². The lowest BCUT2D eigenvalue weighted by Crippen LogP contribution is -2.08. The second-order valence-electron chi connectivity index (χ2n) is 3.96. The van der Waals surface area contributed by atoms with Crippen molar-refractivity contribution in [1.82, 2.24) is 15.3 Å². The molecule has 1 aromatic heterocycles. The van der Waals surface area contributed by atoms with Gasteiger partial charge in [0, 0.05) is 6.54 Å². The third-order valence-corrected chi connectivity index (χ3v) is 2.51. The first-order chi connectivity index (χ1) is 7.38. The van der Waals surface area contributed by atoms with Crippen molar-refractivity contribution in [2.75, 3.05) is 13.7 Å². The van der Waals surface area contributed by atoms with Crippen LogP contribution in [-0.4, -0.2) is 23.6 Å². The molecule has 1 heterocycles. The van der Waals surface area contributed by atoms with Crippen LogP contribution in [0.4, 0.5) is 0 Å². The maximum atomic E-state index is 5.50. The van der Waals surface area contributed by atoms with Crippen LogP contribution in [-0.2, 0) is 6.54 Å². The lowest BCUT2D eigenvalue weighted by atomic mass is 10.3. The molecule has 4 heteroatoms. The Balaban J connectivity index is 1.75. The zero-order chi connectivity index (χ0) is 10.5. The molecule has 1 fully saturated rings. The van der Waals surface area contributed by atoms with Gasteiger partial charge in [-0.3, -0.25) is 4.98 Å². The topological polar surface area (TPSA) is 47.0 Å². The molecule has 1 aromatic rings. The van der Waals surface area contributed by atoms with Crippen LogP contribution in [0, 0.1) is 5.92 Å². The highest BCUT2D eigenvalue weighted by molar-refractivity contribution is 5.07. The average molecular weight is 207 g/mol. The zero-order valence-corrected chi connectivity index (χ0v) is 9.07. The maximum absolute atomic E-state index is 5.50. The van der Waals surface area contributed by atoms with E-state index in [4.69, 9.17) is 4.74 Å². The second kappa shape index (κ2) is 5.07. The Labute approximate surface area is 90.1 Å². The molecule has 82 valence electrons. The Hall–Kier alpha value is -1.16. The third kappa shape index (κ3) is 3.47. The minimum absolute atomic E-state index is 0.635. The summed E-state index contributed by atoms with van der Waals surface area (Å²) in [4.78, 5) is 8.42. The highest BCUT2D eigenvalue weighted by atomic mass is 16.5. The van der Waals surface area contributed by atoms with Crippen LogP contribution in [0.2, 0.25) is 0 Å². The van der Waals surface area contributed by atoms with Crippen LogP contribution in [0.25, 0.3) is 0 Å². The number of rotatable bonds is 6. The summed E-state index contributed by atoms with van der Waals surface area (Å²) in [6.07, 6.45) is 7.34. The van der Waals surface area contributed by atoms with Gasteiger partial charge in [-0.2, -0.15) is 0 Å². The first-order valence-electron chi connectivity index (χ1n) is 5.47. The lowest BCUT2D eigenvalue weighted by molar-refractivity contribution is 0.289. The fourth-order valence-electron chi connectivity index (χ4n) is 1.43. The van der Waals surface area contributed by atoms with Gasteiger partial charge in [0.05, 0.1) is 24.7 Å². The molecule has 1 N–H and O–H groups in total. The van der Waals surface area contributed by atoms with E-state index in [1.807, 2.05) is 7.05 Å². The van der Waals surface area contributed by atoms with Crippen LogP contribution >= 0.6 is 0 Å². The Morgan fingerprint density at radius 1 is 1.40 bits per heavy atom. The van der Waals surface area contributed by atoms with E-state index >= 15 is 0 Å². The average Bonchev–Trinajstić information content (AvgIpc) is 3.05. The molecular weight excluding hydrogens is 190 g/mol. The summed E-state index contributed by atoms with van der Waals surface area (Å²) >= 11 is 0. The van der Waals surface area contributed by atoms with Crippen LogP contribution in [0.1, 0.15) is 25.0 Å². The summed E-state index contributed by atoms with van der Waals surface area (Å²) in [6, 6.07) is 0. The number of ether oxygens (including phenoxy) is 1. The molecule has 1 aliphatic rings. The predicted molar refractivity (Wildman–Crippen MR) is 57.6 cm³/mol. The summed E-state index contributed by atoms with van der Waals surface area (Å²) in [5, 5.41) is 3.03. The molecule has 0 aliphatic heterocycles. The Morgan fingerprint density at radius 2 is 2.27 bits per heavy atom. The number of aromatic nitrogens is 2. The van der Waals surface area contributed by atoms with E-state index in [9.17, 15) is 0 Å². The molecule has 0 atom stereocenters. The van der Waals surface area contributed by atoms with Gasteiger partial charge in [0.2, 0.25) is 5.88 Å². The molecular formula is C11H17N3O. The van der Waals surface area contributed by atoms with Gasteiger partial charge in [0.1, 0.15) is 0 Å². The van der Waals surface area contributed by atoms with E-state index < -0.39 is 0 Å². The standard InChI is InChI=1S/C11H17N3O/c1-12-6-10-7-14-11(8-13-10)15-5-4-9-2-3-9/h7-9,12H,2-6H2,1H3. The SMILES string of the molecule is CNCc1cnc(OCCC2CC2)cn1. The number of nitrogens with zero attached hydrogens (tertiary/aromatic N) is 2. The fraction of sp³-hybridized carbons (Fsp3) is 0.636. The third-order valence-electron chi connectivity index (χ3n) is 2.51. The smallest absolute Gasteiger partial charge is 0.232 e. The Kier molecular flexibility index (Phi) is 3.50. The van der Waals surface area contributed by atoms with Crippen molar-refractivity contribution in [2.24, 2.45) is 5.92 Å². The van der Waals surface area contributed by atoms with Crippen molar-refractivity contribution in [3.05, 3.63) is 18.1 Å². The van der Waals surface area contributed by atoms with Crippen LogP contribution in [0.5, 0.6) is 5.88 Å². The number of hydrogen-bond acceptors (Lipinski definition) is 4. The van der Waals surface area contributed by atoms with E-state index in [1.165, 1.54) is 12.8 Å². The Morgan fingerprint density at radius 3 is 2.87 bits per heavy atom. The summed E-state index contributed by atoms with van der Waals surface area (Å²) in [5.74, 6) is 1.54. The minimum atomic E-state index is 0.635. The molecule has 0 saturated heterocycles. The molecule has 2 rings (SSSR count). The maximum Gasteiger partial charge on any atom is 0.232 e. The largest absolute Gasteiger partial charge is 0.477 e. The van der Waals surface area contributed by atoms with Crippen LogP contribution < -0.4 is 10.1 Å². The molecule has 15 heavy (non-hydrogen) atoms. The normalized spacial score (nSPS) is 15.3. The minimum Gasteiger partial charge on any atom is -0.477 e. The fourth-order valence-corrected chi connectivity index (χ4v) is 1.43. The summed E-state index contributed by atoms with van der Waals surface area (Å²) in [6.45, 7) is 1.51. The van der Waals surface area contributed by atoms with Crippen molar-refractivity contribution in [2.45, 2.75) is 25.8 Å². The van der Waals surface area contributed by atoms with Crippen molar-refractivity contribution < 1.29 is 4.74 Å². The molecule has 0 amide bonds. The summed E-state index contributed by atoms with van der Waals surface area (Å²) in [7, 11) is 1.89. The predicted octanol–water partition coefficient (Wildman–Crippen LogP) is 1.37. The van der Waals surface area contributed by atoms with E-state index in [0.29, 0.717) is 5.88 Å². The van der Waals surface area contributed by atoms with E-state index in [0.717, 1.165) is 31.2 Å². The van der Waals surface area contributed by atoms with E-state index in [1.54, 1.807) is 12.4 Å². The van der Waals surface area contributed by atoms with Gasteiger partial charge in [-0.1, -0.05) is 12.8 Å². The molecule has 0 radical (unpaired) electrons.